The maximum Gasteiger partial charge on any atom is 0.266 e. The zero-order chi connectivity index (χ0) is 21.8. The highest BCUT2D eigenvalue weighted by Gasteiger charge is 2.31. The number of rotatable bonds is 6. The molecular weight excluding hydrogens is 471 g/mol. The Labute approximate surface area is 199 Å². The standard InChI is InChI=1S/C23H16Cl2N2O2S2/c24-19-8-5-16(10-20(19)25)14-29-18-6-3-15(4-7-18)11-21-22(28)27(23(30)31-21)13-17-2-1-9-26-12-17/h1-12H,13-14H2. The lowest BCUT2D eigenvalue weighted by Crippen LogP contribution is -2.27. The Morgan fingerprint density at radius 3 is 2.58 bits per heavy atom. The highest BCUT2D eigenvalue weighted by Crippen LogP contribution is 2.33. The minimum atomic E-state index is -0.0983. The van der Waals surface area contributed by atoms with E-state index >= 15 is 0 Å². The Morgan fingerprint density at radius 1 is 1.06 bits per heavy atom. The van der Waals surface area contributed by atoms with Crippen molar-refractivity contribution < 1.29 is 9.53 Å². The number of carbonyl (C=O) groups is 1. The summed E-state index contributed by atoms with van der Waals surface area (Å²) in [5.74, 6) is 0.617. The molecule has 0 saturated carbocycles. The van der Waals surface area contributed by atoms with Crippen LogP contribution in [-0.4, -0.2) is 20.1 Å². The Hall–Kier alpha value is -2.38. The van der Waals surface area contributed by atoms with E-state index < -0.39 is 0 Å². The van der Waals surface area contributed by atoms with Crippen molar-refractivity contribution in [3.8, 4) is 5.75 Å². The number of thiocarbonyl (C=S) groups is 1. The Bertz CT molecular complexity index is 1150. The molecule has 1 aliphatic rings. The van der Waals surface area contributed by atoms with Gasteiger partial charge < -0.3 is 4.74 Å². The van der Waals surface area contributed by atoms with Crippen molar-refractivity contribution in [3.63, 3.8) is 0 Å². The normalized spacial score (nSPS) is 15.0. The van der Waals surface area contributed by atoms with E-state index in [4.69, 9.17) is 40.2 Å². The fraction of sp³-hybridized carbons (Fsp3) is 0.0870. The van der Waals surface area contributed by atoms with Crippen molar-refractivity contribution in [2.24, 2.45) is 0 Å². The minimum Gasteiger partial charge on any atom is -0.489 e. The van der Waals surface area contributed by atoms with Gasteiger partial charge in [0.25, 0.3) is 5.91 Å². The van der Waals surface area contributed by atoms with Crippen LogP contribution in [0.25, 0.3) is 6.08 Å². The second-order valence-electron chi connectivity index (χ2n) is 6.74. The monoisotopic (exact) mass is 486 g/mol. The molecule has 0 radical (unpaired) electrons. The Balaban J connectivity index is 1.40. The second kappa shape index (κ2) is 9.83. The van der Waals surface area contributed by atoms with Crippen LogP contribution >= 0.6 is 47.2 Å². The first-order valence-corrected chi connectivity index (χ1v) is 11.3. The lowest BCUT2D eigenvalue weighted by molar-refractivity contribution is -0.122. The van der Waals surface area contributed by atoms with E-state index in [1.54, 1.807) is 29.4 Å². The van der Waals surface area contributed by atoms with Crippen LogP contribution in [0.15, 0.2) is 71.9 Å². The predicted octanol–water partition coefficient (Wildman–Crippen LogP) is 6.37. The van der Waals surface area contributed by atoms with E-state index in [1.165, 1.54) is 11.8 Å². The number of aromatic nitrogens is 1. The van der Waals surface area contributed by atoms with Gasteiger partial charge in [0, 0.05) is 12.4 Å². The number of thioether (sulfide) groups is 1. The number of hydrogen-bond acceptors (Lipinski definition) is 5. The molecule has 0 spiro atoms. The third kappa shape index (κ3) is 5.46. The van der Waals surface area contributed by atoms with E-state index in [1.807, 2.05) is 48.5 Å². The van der Waals surface area contributed by atoms with E-state index in [0.29, 0.717) is 38.2 Å². The first-order valence-electron chi connectivity index (χ1n) is 9.30. The maximum atomic E-state index is 12.8. The molecule has 1 aromatic heterocycles. The molecule has 3 aromatic rings. The molecule has 0 N–H and O–H groups in total. The van der Waals surface area contributed by atoms with Crippen LogP contribution in [0, 0.1) is 0 Å². The number of ether oxygens (including phenoxy) is 1. The van der Waals surface area contributed by atoms with Gasteiger partial charge in [-0.05, 0) is 53.1 Å². The smallest absolute Gasteiger partial charge is 0.266 e. The first kappa shape index (κ1) is 21.8. The number of benzene rings is 2. The van der Waals surface area contributed by atoms with Gasteiger partial charge >= 0.3 is 0 Å². The molecule has 0 atom stereocenters. The van der Waals surface area contributed by atoms with Crippen LogP contribution in [0.1, 0.15) is 16.7 Å². The lowest BCUT2D eigenvalue weighted by atomic mass is 10.2. The van der Waals surface area contributed by atoms with Crippen LogP contribution in [0.3, 0.4) is 0 Å². The average molecular weight is 487 g/mol. The van der Waals surface area contributed by atoms with Crippen molar-refractivity contribution in [1.82, 2.24) is 9.88 Å². The molecule has 156 valence electrons. The third-order valence-electron chi connectivity index (χ3n) is 4.50. The summed E-state index contributed by atoms with van der Waals surface area (Å²) in [7, 11) is 0. The quantitative estimate of drug-likeness (QED) is 0.299. The summed E-state index contributed by atoms with van der Waals surface area (Å²) in [5, 5.41) is 1.01. The van der Waals surface area contributed by atoms with Gasteiger partial charge in [0.2, 0.25) is 0 Å². The Kier molecular flexibility index (Phi) is 6.92. The summed E-state index contributed by atoms with van der Waals surface area (Å²) in [6, 6.07) is 16.7. The molecule has 0 unspecified atom stereocenters. The van der Waals surface area contributed by atoms with E-state index in [0.717, 1.165) is 16.7 Å². The van der Waals surface area contributed by atoms with Crippen molar-refractivity contribution in [2.75, 3.05) is 0 Å². The zero-order valence-corrected chi connectivity index (χ0v) is 19.3. The molecule has 4 rings (SSSR count). The number of hydrogen-bond donors (Lipinski definition) is 0. The fourth-order valence-corrected chi connectivity index (χ4v) is 4.49. The summed E-state index contributed by atoms with van der Waals surface area (Å²) < 4.78 is 6.35. The second-order valence-corrected chi connectivity index (χ2v) is 9.23. The molecule has 31 heavy (non-hydrogen) atoms. The third-order valence-corrected chi connectivity index (χ3v) is 6.62. The average Bonchev–Trinajstić information content (AvgIpc) is 3.03. The van der Waals surface area contributed by atoms with Gasteiger partial charge in [-0.3, -0.25) is 14.7 Å². The maximum absolute atomic E-state index is 12.8. The zero-order valence-electron chi connectivity index (χ0n) is 16.1. The van der Waals surface area contributed by atoms with E-state index in [-0.39, 0.29) is 5.91 Å². The van der Waals surface area contributed by atoms with Crippen LogP contribution in [0.4, 0.5) is 0 Å². The van der Waals surface area contributed by atoms with Gasteiger partial charge in [-0.1, -0.05) is 71.4 Å². The molecule has 8 heteroatoms. The fourth-order valence-electron chi connectivity index (χ4n) is 2.92. The molecule has 2 aromatic carbocycles. The topological polar surface area (TPSA) is 42.4 Å². The van der Waals surface area contributed by atoms with Gasteiger partial charge in [-0.15, -0.1) is 0 Å². The molecule has 4 nitrogen and oxygen atoms in total. The number of pyridine rings is 1. The molecular formula is C23H16Cl2N2O2S2. The molecule has 1 aliphatic heterocycles. The molecule has 1 amide bonds. The van der Waals surface area contributed by atoms with Crippen LogP contribution < -0.4 is 4.74 Å². The summed E-state index contributed by atoms with van der Waals surface area (Å²) in [4.78, 5) is 19.1. The lowest BCUT2D eigenvalue weighted by Gasteiger charge is -2.13. The largest absolute Gasteiger partial charge is 0.489 e. The van der Waals surface area contributed by atoms with Gasteiger partial charge in [0.1, 0.15) is 16.7 Å². The molecule has 1 saturated heterocycles. The van der Waals surface area contributed by atoms with Gasteiger partial charge in [0.05, 0.1) is 21.5 Å². The number of amides is 1. The van der Waals surface area contributed by atoms with Crippen molar-refractivity contribution in [2.45, 2.75) is 13.2 Å². The van der Waals surface area contributed by atoms with E-state index in [9.17, 15) is 4.79 Å². The van der Waals surface area contributed by atoms with Crippen molar-refractivity contribution in [1.29, 1.82) is 0 Å². The van der Waals surface area contributed by atoms with Crippen molar-refractivity contribution >= 4 is 63.5 Å². The number of carbonyl (C=O) groups excluding carboxylic acids is 1. The van der Waals surface area contributed by atoms with Gasteiger partial charge in [-0.25, -0.2) is 0 Å². The van der Waals surface area contributed by atoms with Crippen molar-refractivity contribution in [3.05, 3.63) is 98.6 Å². The highest BCUT2D eigenvalue weighted by molar-refractivity contribution is 8.26. The van der Waals surface area contributed by atoms with Crippen LogP contribution in [0.5, 0.6) is 5.75 Å². The number of nitrogens with zero attached hydrogens (tertiary/aromatic N) is 2. The van der Waals surface area contributed by atoms with Crippen LogP contribution in [-0.2, 0) is 17.9 Å². The van der Waals surface area contributed by atoms with Gasteiger partial charge in [-0.2, -0.15) is 0 Å². The first-order chi connectivity index (χ1) is 15.0. The molecule has 0 bridgehead atoms. The van der Waals surface area contributed by atoms with E-state index in [2.05, 4.69) is 4.98 Å². The van der Waals surface area contributed by atoms with Gasteiger partial charge in [0.15, 0.2) is 0 Å². The molecule has 1 fully saturated rings. The Morgan fingerprint density at radius 2 is 1.87 bits per heavy atom. The summed E-state index contributed by atoms with van der Waals surface area (Å²) in [6.07, 6.45) is 5.27. The summed E-state index contributed by atoms with van der Waals surface area (Å²) in [6.45, 7) is 0.792. The van der Waals surface area contributed by atoms with Crippen LogP contribution in [0.2, 0.25) is 10.0 Å². The summed E-state index contributed by atoms with van der Waals surface area (Å²) >= 11 is 18.7. The molecule has 0 aliphatic carbocycles. The SMILES string of the molecule is O=C1C(=Cc2ccc(OCc3ccc(Cl)c(Cl)c3)cc2)SC(=S)N1Cc1cccnc1. The molecule has 2 heterocycles. The predicted molar refractivity (Wildman–Crippen MR) is 130 cm³/mol. The summed E-state index contributed by atoms with van der Waals surface area (Å²) in [5.41, 5.74) is 2.75. The minimum absolute atomic E-state index is 0.0983. The number of halogens is 2. The highest BCUT2D eigenvalue weighted by atomic mass is 35.5.